The summed E-state index contributed by atoms with van der Waals surface area (Å²) in [6, 6.07) is 5.11. The van der Waals surface area contributed by atoms with Gasteiger partial charge in [-0.15, -0.1) is 11.6 Å². The Balaban J connectivity index is 2.37. The van der Waals surface area contributed by atoms with Crippen LogP contribution in [0.5, 0.6) is 0 Å². The molecule has 1 aromatic carbocycles. The maximum atomic E-state index is 10.9. The van der Waals surface area contributed by atoms with E-state index in [2.05, 4.69) is 18.7 Å². The molecule has 0 aromatic heterocycles. The van der Waals surface area contributed by atoms with E-state index >= 15 is 0 Å². The van der Waals surface area contributed by atoms with Gasteiger partial charge in [0.15, 0.2) is 0 Å². The second kappa shape index (κ2) is 5.35. The first-order valence-corrected chi connectivity index (χ1v) is 6.68. The molecular formula is C13H17ClN2O3. The van der Waals surface area contributed by atoms with Crippen molar-refractivity contribution in [3.05, 3.63) is 33.9 Å². The molecule has 6 heteroatoms. The lowest BCUT2D eigenvalue weighted by atomic mass is 10.0. The van der Waals surface area contributed by atoms with Gasteiger partial charge in [-0.25, -0.2) is 0 Å². The Morgan fingerprint density at radius 2 is 2.26 bits per heavy atom. The van der Waals surface area contributed by atoms with Crippen molar-refractivity contribution in [2.75, 3.05) is 24.7 Å². The molecule has 1 aliphatic rings. The number of hydrogen-bond donors (Lipinski definition) is 0. The molecule has 19 heavy (non-hydrogen) atoms. The van der Waals surface area contributed by atoms with Crippen LogP contribution in [0, 0.1) is 10.1 Å². The van der Waals surface area contributed by atoms with E-state index in [0.29, 0.717) is 18.8 Å². The maximum absolute atomic E-state index is 10.9. The molecule has 1 aromatic rings. The van der Waals surface area contributed by atoms with Gasteiger partial charge in [-0.05, 0) is 26.0 Å². The molecule has 104 valence electrons. The number of hydrogen-bond acceptors (Lipinski definition) is 4. The van der Waals surface area contributed by atoms with E-state index in [1.54, 1.807) is 12.1 Å². The molecule has 1 saturated heterocycles. The summed E-state index contributed by atoms with van der Waals surface area (Å²) in [6.07, 6.45) is 0. The zero-order chi connectivity index (χ0) is 14.0. The van der Waals surface area contributed by atoms with Crippen molar-refractivity contribution < 1.29 is 9.66 Å². The summed E-state index contributed by atoms with van der Waals surface area (Å²) in [5.41, 5.74) is 1.45. The fourth-order valence-electron chi connectivity index (χ4n) is 2.36. The highest BCUT2D eigenvalue weighted by molar-refractivity contribution is 6.17. The first-order valence-electron chi connectivity index (χ1n) is 6.14. The van der Waals surface area contributed by atoms with E-state index in [1.165, 1.54) is 6.07 Å². The minimum atomic E-state index is -0.397. The number of nitro benzene ring substituents is 1. The molecule has 0 radical (unpaired) electrons. The number of ether oxygens (including phenoxy) is 1. The average molecular weight is 285 g/mol. The lowest BCUT2D eigenvalue weighted by molar-refractivity contribution is -0.385. The second-order valence-electron chi connectivity index (χ2n) is 5.22. The molecular weight excluding hydrogens is 268 g/mol. The maximum Gasteiger partial charge on any atom is 0.273 e. The van der Waals surface area contributed by atoms with E-state index in [1.807, 2.05) is 0 Å². The standard InChI is InChI=1S/C13H17ClN2O3/c1-13(2)9-19-6-5-15(13)11-3-4-12(16(17)18)10(7-11)8-14/h3-4,7H,5-6,8-9H2,1-2H3. The zero-order valence-corrected chi connectivity index (χ0v) is 11.8. The van der Waals surface area contributed by atoms with E-state index in [0.717, 1.165) is 12.2 Å². The quantitative estimate of drug-likeness (QED) is 0.486. The van der Waals surface area contributed by atoms with Crippen molar-refractivity contribution in [3.63, 3.8) is 0 Å². The highest BCUT2D eigenvalue weighted by Gasteiger charge is 2.31. The van der Waals surface area contributed by atoms with Gasteiger partial charge in [0.05, 0.1) is 29.6 Å². The van der Waals surface area contributed by atoms with E-state index in [-0.39, 0.29) is 17.1 Å². The molecule has 0 spiro atoms. The van der Waals surface area contributed by atoms with Gasteiger partial charge in [0.25, 0.3) is 5.69 Å². The zero-order valence-electron chi connectivity index (χ0n) is 11.1. The third-order valence-electron chi connectivity index (χ3n) is 3.36. The number of rotatable bonds is 3. The number of nitrogens with zero attached hydrogens (tertiary/aromatic N) is 2. The van der Waals surface area contributed by atoms with Crippen molar-refractivity contribution in [1.82, 2.24) is 0 Å². The van der Waals surface area contributed by atoms with E-state index < -0.39 is 4.92 Å². The van der Waals surface area contributed by atoms with Crippen molar-refractivity contribution >= 4 is 23.0 Å². The minimum absolute atomic E-state index is 0.0739. The summed E-state index contributed by atoms with van der Waals surface area (Å²) >= 11 is 5.81. The third-order valence-corrected chi connectivity index (χ3v) is 3.65. The minimum Gasteiger partial charge on any atom is -0.377 e. The van der Waals surface area contributed by atoms with Gasteiger partial charge < -0.3 is 9.64 Å². The Hall–Kier alpha value is -1.33. The Kier molecular flexibility index (Phi) is 3.96. The average Bonchev–Trinajstić information content (AvgIpc) is 2.37. The second-order valence-corrected chi connectivity index (χ2v) is 5.49. The molecule has 1 fully saturated rings. The number of anilines is 1. The topological polar surface area (TPSA) is 55.6 Å². The normalized spacial score (nSPS) is 18.4. The number of benzene rings is 1. The number of halogens is 1. The molecule has 1 heterocycles. The largest absolute Gasteiger partial charge is 0.377 e. The van der Waals surface area contributed by atoms with Gasteiger partial charge in [-0.1, -0.05) is 0 Å². The summed E-state index contributed by atoms with van der Waals surface area (Å²) in [5.74, 6) is 0.134. The summed E-state index contributed by atoms with van der Waals surface area (Å²) < 4.78 is 5.48. The molecule has 0 amide bonds. The molecule has 2 rings (SSSR count). The fourth-order valence-corrected chi connectivity index (χ4v) is 2.58. The van der Waals surface area contributed by atoms with Gasteiger partial charge in [0.2, 0.25) is 0 Å². The lowest BCUT2D eigenvalue weighted by Gasteiger charge is -2.43. The van der Waals surface area contributed by atoms with Crippen molar-refractivity contribution in [1.29, 1.82) is 0 Å². The lowest BCUT2D eigenvalue weighted by Crippen LogP contribution is -2.53. The van der Waals surface area contributed by atoms with Crippen molar-refractivity contribution in [3.8, 4) is 0 Å². The third kappa shape index (κ3) is 2.82. The molecule has 0 atom stereocenters. The van der Waals surface area contributed by atoms with Gasteiger partial charge in [0, 0.05) is 23.9 Å². The predicted molar refractivity (Wildman–Crippen MR) is 74.9 cm³/mol. The van der Waals surface area contributed by atoms with Gasteiger partial charge >= 0.3 is 0 Å². The molecule has 0 saturated carbocycles. The van der Waals surface area contributed by atoms with Crippen LogP contribution in [0.15, 0.2) is 18.2 Å². The molecule has 5 nitrogen and oxygen atoms in total. The highest BCUT2D eigenvalue weighted by Crippen LogP contribution is 2.31. The Bertz CT molecular complexity index is 491. The smallest absolute Gasteiger partial charge is 0.273 e. The summed E-state index contributed by atoms with van der Waals surface area (Å²) in [7, 11) is 0. The molecule has 0 unspecified atom stereocenters. The highest BCUT2D eigenvalue weighted by atomic mass is 35.5. The van der Waals surface area contributed by atoms with Crippen LogP contribution in [0.25, 0.3) is 0 Å². The van der Waals surface area contributed by atoms with Crippen molar-refractivity contribution in [2.24, 2.45) is 0 Å². The van der Waals surface area contributed by atoms with Crippen LogP contribution >= 0.6 is 11.6 Å². The Morgan fingerprint density at radius 3 is 2.84 bits per heavy atom. The van der Waals surface area contributed by atoms with Gasteiger partial charge in [-0.3, -0.25) is 10.1 Å². The van der Waals surface area contributed by atoms with E-state index in [4.69, 9.17) is 16.3 Å². The van der Waals surface area contributed by atoms with Crippen molar-refractivity contribution in [2.45, 2.75) is 25.3 Å². The van der Waals surface area contributed by atoms with E-state index in [9.17, 15) is 10.1 Å². The number of alkyl halides is 1. The molecule has 0 aliphatic carbocycles. The monoisotopic (exact) mass is 284 g/mol. The molecule has 0 N–H and O–H groups in total. The summed E-state index contributed by atoms with van der Waals surface area (Å²) in [5, 5.41) is 10.9. The van der Waals surface area contributed by atoms with Crippen LogP contribution < -0.4 is 4.90 Å². The van der Waals surface area contributed by atoms with Gasteiger partial charge in [-0.2, -0.15) is 0 Å². The number of morpholine rings is 1. The van der Waals surface area contributed by atoms with Gasteiger partial charge in [0.1, 0.15) is 0 Å². The first kappa shape index (κ1) is 14.1. The molecule has 0 bridgehead atoms. The SMILES string of the molecule is CC1(C)COCCN1c1ccc([N+](=O)[O-])c(CCl)c1. The first-order chi connectivity index (χ1) is 8.95. The number of nitro groups is 1. The molecule has 1 aliphatic heterocycles. The Labute approximate surface area is 117 Å². The summed E-state index contributed by atoms with van der Waals surface area (Å²) in [4.78, 5) is 12.7. The Morgan fingerprint density at radius 1 is 1.53 bits per heavy atom. The van der Waals surface area contributed by atoms with Crippen LogP contribution in [0.1, 0.15) is 19.4 Å². The van der Waals surface area contributed by atoms with Crippen LogP contribution in [0.3, 0.4) is 0 Å². The van der Waals surface area contributed by atoms with Crippen LogP contribution in [0.4, 0.5) is 11.4 Å². The van der Waals surface area contributed by atoms with Crippen LogP contribution in [-0.2, 0) is 10.6 Å². The van der Waals surface area contributed by atoms with Crippen LogP contribution in [-0.4, -0.2) is 30.2 Å². The van der Waals surface area contributed by atoms with Crippen LogP contribution in [0.2, 0.25) is 0 Å². The summed E-state index contributed by atoms with van der Waals surface area (Å²) in [6.45, 7) is 6.26. The fraction of sp³-hybridized carbons (Fsp3) is 0.538. The predicted octanol–water partition coefficient (Wildman–Crippen LogP) is 2.95.